The number of anilines is 3. The molecule has 0 saturated heterocycles. The lowest BCUT2D eigenvalue weighted by Crippen LogP contribution is -2.26. The minimum Gasteiger partial charge on any atom is -0.384 e. The Hall–Kier alpha value is -2.14. The number of nitrogen functional groups attached to an aromatic ring is 1. The Balaban J connectivity index is 1.95. The molecule has 0 spiro atoms. The lowest BCUT2D eigenvalue weighted by Gasteiger charge is -2.30. The first-order valence-corrected chi connectivity index (χ1v) is 7.34. The van der Waals surface area contributed by atoms with Gasteiger partial charge in [-0.3, -0.25) is 0 Å². The van der Waals surface area contributed by atoms with E-state index < -0.39 is 0 Å². The molecule has 1 aliphatic rings. The van der Waals surface area contributed by atoms with E-state index in [0.29, 0.717) is 24.9 Å². The average molecular weight is 284 g/mol. The van der Waals surface area contributed by atoms with Gasteiger partial charge in [0.25, 0.3) is 0 Å². The van der Waals surface area contributed by atoms with Gasteiger partial charge in [-0.2, -0.15) is 0 Å². The molecule has 2 heterocycles. The summed E-state index contributed by atoms with van der Waals surface area (Å²) in [5.41, 5.74) is 8.49. The molecule has 1 aliphatic heterocycles. The second-order valence-corrected chi connectivity index (χ2v) is 5.09. The van der Waals surface area contributed by atoms with Gasteiger partial charge in [0.05, 0.1) is 0 Å². The summed E-state index contributed by atoms with van der Waals surface area (Å²) in [4.78, 5) is 11.1. The summed E-state index contributed by atoms with van der Waals surface area (Å²) in [7, 11) is 0. The highest BCUT2D eigenvalue weighted by Crippen LogP contribution is 2.32. The van der Waals surface area contributed by atoms with E-state index >= 15 is 0 Å². The van der Waals surface area contributed by atoms with E-state index in [2.05, 4.69) is 39.1 Å². The van der Waals surface area contributed by atoms with E-state index in [4.69, 9.17) is 10.5 Å². The molecule has 0 atom stereocenters. The molecule has 1 aromatic carbocycles. The van der Waals surface area contributed by atoms with Crippen molar-refractivity contribution in [3.05, 3.63) is 41.7 Å². The van der Waals surface area contributed by atoms with Gasteiger partial charge in [-0.25, -0.2) is 9.97 Å². The van der Waals surface area contributed by atoms with Gasteiger partial charge in [-0.15, -0.1) is 0 Å². The van der Waals surface area contributed by atoms with Gasteiger partial charge < -0.3 is 15.4 Å². The van der Waals surface area contributed by atoms with Crippen molar-refractivity contribution in [2.45, 2.75) is 26.4 Å². The fourth-order valence-electron chi connectivity index (χ4n) is 2.67. The molecule has 2 aromatic rings. The fraction of sp³-hybridized carbons (Fsp3) is 0.375. The predicted octanol–water partition coefficient (Wildman–Crippen LogP) is 2.68. The number of hydrogen-bond donors (Lipinski definition) is 1. The van der Waals surface area contributed by atoms with Crippen molar-refractivity contribution in [2.24, 2.45) is 0 Å². The normalized spacial score (nSPS) is 14.0. The van der Waals surface area contributed by atoms with Gasteiger partial charge in [0.2, 0.25) is 0 Å². The fourth-order valence-corrected chi connectivity index (χ4v) is 2.67. The molecule has 0 unspecified atom stereocenters. The molecule has 0 saturated carbocycles. The first-order chi connectivity index (χ1) is 10.3. The van der Waals surface area contributed by atoms with E-state index in [0.717, 1.165) is 25.2 Å². The van der Waals surface area contributed by atoms with Crippen molar-refractivity contribution < 1.29 is 4.74 Å². The summed E-state index contributed by atoms with van der Waals surface area (Å²) in [5, 5.41) is 0. The van der Waals surface area contributed by atoms with Crippen molar-refractivity contribution in [3.63, 3.8) is 0 Å². The quantitative estimate of drug-likeness (QED) is 0.935. The Morgan fingerprint density at radius 3 is 3.00 bits per heavy atom. The average Bonchev–Trinajstić information content (AvgIpc) is 2.52. The minimum atomic E-state index is 0.393. The number of benzene rings is 1. The van der Waals surface area contributed by atoms with Crippen molar-refractivity contribution in [1.82, 2.24) is 9.97 Å². The zero-order valence-electron chi connectivity index (χ0n) is 12.2. The summed E-state index contributed by atoms with van der Waals surface area (Å²) in [6.07, 6.45) is 2.22. The smallest absolute Gasteiger partial charge is 0.158 e. The summed E-state index contributed by atoms with van der Waals surface area (Å²) < 4.78 is 5.39. The summed E-state index contributed by atoms with van der Waals surface area (Å²) in [5.74, 6) is 1.97. The van der Waals surface area contributed by atoms with Gasteiger partial charge in [-0.1, -0.05) is 18.2 Å². The molecule has 0 amide bonds. The number of nitrogens with zero attached hydrogens (tertiary/aromatic N) is 3. The van der Waals surface area contributed by atoms with Crippen LogP contribution in [0.5, 0.6) is 0 Å². The molecule has 0 bridgehead atoms. The molecule has 0 radical (unpaired) electrons. The lowest BCUT2D eigenvalue weighted by atomic mass is 10.0. The molecule has 1 aromatic heterocycles. The standard InChI is InChI=1S/C16H20N4O/c1-2-21-11-15-18-14(17)10-16(19-15)20-9-5-7-12-6-3-4-8-13(12)20/h3-4,6,8,10H,2,5,7,9,11H2,1H3,(H2,17,18,19). The second-order valence-electron chi connectivity index (χ2n) is 5.09. The van der Waals surface area contributed by atoms with Crippen LogP contribution >= 0.6 is 0 Å². The van der Waals surface area contributed by atoms with Gasteiger partial charge in [-0.05, 0) is 31.4 Å². The summed E-state index contributed by atoms with van der Waals surface area (Å²) in [6, 6.07) is 10.3. The van der Waals surface area contributed by atoms with Crippen molar-refractivity contribution in [1.29, 1.82) is 0 Å². The maximum absolute atomic E-state index is 5.92. The van der Waals surface area contributed by atoms with E-state index in [1.54, 1.807) is 0 Å². The maximum Gasteiger partial charge on any atom is 0.158 e. The third-order valence-electron chi connectivity index (χ3n) is 3.60. The van der Waals surface area contributed by atoms with Crippen LogP contribution in [0.4, 0.5) is 17.3 Å². The number of para-hydroxylation sites is 1. The molecule has 5 nitrogen and oxygen atoms in total. The highest BCUT2D eigenvalue weighted by molar-refractivity contribution is 5.66. The zero-order valence-corrected chi connectivity index (χ0v) is 12.2. The van der Waals surface area contributed by atoms with Crippen LogP contribution in [0.2, 0.25) is 0 Å². The molecule has 21 heavy (non-hydrogen) atoms. The molecule has 3 rings (SSSR count). The van der Waals surface area contributed by atoms with Gasteiger partial charge in [0.1, 0.15) is 18.2 Å². The van der Waals surface area contributed by atoms with Crippen LogP contribution in [0.3, 0.4) is 0 Å². The molecular formula is C16H20N4O. The maximum atomic E-state index is 5.92. The number of ether oxygens (including phenoxy) is 1. The molecule has 2 N–H and O–H groups in total. The SMILES string of the molecule is CCOCc1nc(N)cc(N2CCCc3ccccc32)n1. The van der Waals surface area contributed by atoms with Gasteiger partial charge in [0.15, 0.2) is 5.82 Å². The van der Waals surface area contributed by atoms with E-state index in [9.17, 15) is 0 Å². The van der Waals surface area contributed by atoms with Crippen LogP contribution in [0.15, 0.2) is 30.3 Å². The topological polar surface area (TPSA) is 64.3 Å². The molecule has 0 aliphatic carbocycles. The third kappa shape index (κ3) is 2.97. The van der Waals surface area contributed by atoms with Gasteiger partial charge in [0, 0.05) is 24.9 Å². The number of nitrogens with two attached hydrogens (primary N) is 1. The number of fused-ring (bicyclic) bond motifs is 1. The van der Waals surface area contributed by atoms with Crippen LogP contribution in [-0.4, -0.2) is 23.1 Å². The first-order valence-electron chi connectivity index (χ1n) is 7.34. The van der Waals surface area contributed by atoms with E-state index in [1.165, 1.54) is 11.3 Å². The van der Waals surface area contributed by atoms with Crippen LogP contribution in [0.1, 0.15) is 24.7 Å². The molecular weight excluding hydrogens is 264 g/mol. The van der Waals surface area contributed by atoms with Gasteiger partial charge >= 0.3 is 0 Å². The van der Waals surface area contributed by atoms with Crippen molar-refractivity contribution in [2.75, 3.05) is 23.8 Å². The number of hydrogen-bond acceptors (Lipinski definition) is 5. The number of rotatable bonds is 4. The molecule has 110 valence electrons. The first kappa shape index (κ1) is 13.8. The highest BCUT2D eigenvalue weighted by atomic mass is 16.5. The minimum absolute atomic E-state index is 0.393. The number of aryl methyl sites for hydroxylation is 1. The summed E-state index contributed by atoms with van der Waals surface area (Å²) in [6.45, 7) is 3.93. The van der Waals surface area contributed by atoms with Crippen LogP contribution < -0.4 is 10.6 Å². The Kier molecular flexibility index (Phi) is 4.01. The van der Waals surface area contributed by atoms with Crippen LogP contribution in [0.25, 0.3) is 0 Å². The monoisotopic (exact) mass is 284 g/mol. The van der Waals surface area contributed by atoms with Crippen molar-refractivity contribution in [3.8, 4) is 0 Å². The largest absolute Gasteiger partial charge is 0.384 e. The Morgan fingerprint density at radius 2 is 2.14 bits per heavy atom. The second kappa shape index (κ2) is 6.10. The number of aromatic nitrogens is 2. The lowest BCUT2D eigenvalue weighted by molar-refractivity contribution is 0.128. The van der Waals surface area contributed by atoms with Crippen molar-refractivity contribution >= 4 is 17.3 Å². The molecule has 5 heteroatoms. The predicted molar refractivity (Wildman–Crippen MR) is 83.5 cm³/mol. The van der Waals surface area contributed by atoms with Crippen LogP contribution in [-0.2, 0) is 17.8 Å². The summed E-state index contributed by atoms with van der Waals surface area (Å²) >= 11 is 0. The Labute approximate surface area is 124 Å². The third-order valence-corrected chi connectivity index (χ3v) is 3.60. The van der Waals surface area contributed by atoms with E-state index in [-0.39, 0.29) is 0 Å². The highest BCUT2D eigenvalue weighted by Gasteiger charge is 2.19. The zero-order chi connectivity index (χ0) is 14.7. The Morgan fingerprint density at radius 1 is 1.29 bits per heavy atom. The molecule has 0 fully saturated rings. The Bertz CT molecular complexity index is 629. The van der Waals surface area contributed by atoms with E-state index in [1.807, 2.05) is 13.0 Å². The van der Waals surface area contributed by atoms with Crippen LogP contribution in [0, 0.1) is 0 Å².